The van der Waals surface area contributed by atoms with Gasteiger partial charge in [-0.2, -0.15) is 0 Å². The number of piperidine rings is 1. The van der Waals surface area contributed by atoms with E-state index in [0.29, 0.717) is 5.69 Å². The first kappa shape index (κ1) is 14.9. The number of ether oxygens (including phenoxy) is 1. The van der Waals surface area contributed by atoms with Crippen molar-refractivity contribution in [2.24, 2.45) is 0 Å². The highest BCUT2D eigenvalue weighted by molar-refractivity contribution is 5.46. The third-order valence-electron chi connectivity index (χ3n) is 3.80. The molecule has 1 aliphatic heterocycles. The molecule has 0 atom stereocenters. The molecule has 1 aliphatic rings. The number of unbranched alkanes of at least 4 members (excludes halogenated alkanes) is 2. The highest BCUT2D eigenvalue weighted by Gasteiger charge is 2.08. The van der Waals surface area contributed by atoms with Crippen LogP contribution < -0.4 is 4.74 Å². The minimum Gasteiger partial charge on any atom is -0.494 e. The lowest BCUT2D eigenvalue weighted by Crippen LogP contribution is -2.30. The Bertz CT molecular complexity index is 416. The van der Waals surface area contributed by atoms with Crippen LogP contribution in [0, 0.1) is 6.57 Å². The van der Waals surface area contributed by atoms with Crippen molar-refractivity contribution >= 4 is 5.69 Å². The van der Waals surface area contributed by atoms with Crippen molar-refractivity contribution in [1.29, 1.82) is 0 Å². The second kappa shape index (κ2) is 8.60. The molecule has 2 rings (SSSR count). The van der Waals surface area contributed by atoms with Gasteiger partial charge in [0.15, 0.2) is 5.69 Å². The number of hydrogen-bond donors (Lipinski definition) is 0. The first-order chi connectivity index (χ1) is 9.88. The summed E-state index contributed by atoms with van der Waals surface area (Å²) in [4.78, 5) is 5.96. The second-order valence-corrected chi connectivity index (χ2v) is 5.42. The van der Waals surface area contributed by atoms with Crippen molar-refractivity contribution in [3.8, 4) is 5.75 Å². The largest absolute Gasteiger partial charge is 0.494 e. The molecule has 0 radical (unpaired) electrons. The van der Waals surface area contributed by atoms with Crippen LogP contribution in [0.5, 0.6) is 5.75 Å². The van der Waals surface area contributed by atoms with E-state index in [0.717, 1.165) is 18.8 Å². The van der Waals surface area contributed by atoms with Gasteiger partial charge in [0.05, 0.1) is 13.2 Å². The molecule has 20 heavy (non-hydrogen) atoms. The maximum absolute atomic E-state index is 6.89. The average molecular weight is 272 g/mol. The van der Waals surface area contributed by atoms with E-state index in [-0.39, 0.29) is 0 Å². The Morgan fingerprint density at radius 3 is 2.45 bits per heavy atom. The summed E-state index contributed by atoms with van der Waals surface area (Å²) in [6, 6.07) is 7.36. The van der Waals surface area contributed by atoms with E-state index in [1.165, 1.54) is 51.7 Å². The van der Waals surface area contributed by atoms with E-state index in [1.807, 2.05) is 12.1 Å². The lowest BCUT2D eigenvalue weighted by atomic mass is 10.1. The Balaban J connectivity index is 1.51. The number of likely N-dealkylation sites (tertiary alicyclic amines) is 1. The Kier molecular flexibility index (Phi) is 6.40. The first-order valence-corrected chi connectivity index (χ1v) is 7.71. The highest BCUT2D eigenvalue weighted by atomic mass is 16.5. The van der Waals surface area contributed by atoms with E-state index >= 15 is 0 Å². The number of nitrogens with zero attached hydrogens (tertiary/aromatic N) is 2. The van der Waals surface area contributed by atoms with Crippen molar-refractivity contribution in [3.63, 3.8) is 0 Å². The van der Waals surface area contributed by atoms with Gasteiger partial charge in [-0.1, -0.05) is 18.6 Å². The molecule has 0 N–H and O–H groups in total. The van der Waals surface area contributed by atoms with Crippen molar-refractivity contribution in [2.45, 2.75) is 38.5 Å². The highest BCUT2D eigenvalue weighted by Crippen LogP contribution is 2.18. The van der Waals surface area contributed by atoms with E-state index < -0.39 is 0 Å². The lowest BCUT2D eigenvalue weighted by Gasteiger charge is -2.26. The van der Waals surface area contributed by atoms with Crippen LogP contribution in [-0.2, 0) is 0 Å². The summed E-state index contributed by atoms with van der Waals surface area (Å²) in [5.41, 5.74) is 0.666. The van der Waals surface area contributed by atoms with Crippen molar-refractivity contribution < 1.29 is 4.74 Å². The Morgan fingerprint density at radius 1 is 1.00 bits per heavy atom. The SMILES string of the molecule is [C-]#[N+]c1ccc(OCCCCCN2CCCCC2)cc1. The van der Waals surface area contributed by atoms with E-state index in [2.05, 4.69) is 9.74 Å². The van der Waals surface area contributed by atoms with Crippen LogP contribution >= 0.6 is 0 Å². The summed E-state index contributed by atoms with van der Waals surface area (Å²) in [6.07, 6.45) is 7.79. The molecule has 1 aromatic carbocycles. The monoisotopic (exact) mass is 272 g/mol. The van der Waals surface area contributed by atoms with Gasteiger partial charge in [-0.15, -0.1) is 0 Å². The molecule has 1 heterocycles. The Labute approximate surface area is 122 Å². The van der Waals surface area contributed by atoms with Crippen molar-refractivity contribution in [3.05, 3.63) is 35.7 Å². The van der Waals surface area contributed by atoms with Gasteiger partial charge in [-0.05, 0) is 63.9 Å². The van der Waals surface area contributed by atoms with Crippen molar-refractivity contribution in [1.82, 2.24) is 4.90 Å². The number of hydrogen-bond acceptors (Lipinski definition) is 2. The van der Waals surface area contributed by atoms with Crippen LogP contribution in [0.4, 0.5) is 5.69 Å². The third-order valence-corrected chi connectivity index (χ3v) is 3.80. The van der Waals surface area contributed by atoms with Crippen LogP contribution in [-0.4, -0.2) is 31.1 Å². The zero-order valence-corrected chi connectivity index (χ0v) is 12.2. The quantitative estimate of drug-likeness (QED) is 0.544. The van der Waals surface area contributed by atoms with Gasteiger partial charge < -0.3 is 9.64 Å². The lowest BCUT2D eigenvalue weighted by molar-refractivity contribution is 0.221. The number of benzene rings is 1. The first-order valence-electron chi connectivity index (χ1n) is 7.71. The Hall–Kier alpha value is -1.53. The maximum Gasteiger partial charge on any atom is 0.187 e. The van der Waals surface area contributed by atoms with E-state index in [4.69, 9.17) is 11.3 Å². The molecule has 0 unspecified atom stereocenters. The molecule has 3 heteroatoms. The summed E-state index contributed by atoms with van der Waals surface area (Å²) in [5, 5.41) is 0. The molecule has 0 bridgehead atoms. The topological polar surface area (TPSA) is 16.8 Å². The van der Waals surface area contributed by atoms with Crippen LogP contribution in [0.3, 0.4) is 0 Å². The molecule has 1 aromatic rings. The second-order valence-electron chi connectivity index (χ2n) is 5.42. The minimum absolute atomic E-state index is 0.666. The van der Waals surface area contributed by atoms with Crippen molar-refractivity contribution in [2.75, 3.05) is 26.2 Å². The van der Waals surface area contributed by atoms with E-state index in [9.17, 15) is 0 Å². The molecule has 0 amide bonds. The molecular formula is C17H24N2O. The predicted molar refractivity (Wildman–Crippen MR) is 82.3 cm³/mol. The molecule has 0 aromatic heterocycles. The van der Waals surface area contributed by atoms with Crippen LogP contribution in [0.15, 0.2) is 24.3 Å². The fourth-order valence-corrected chi connectivity index (χ4v) is 2.60. The molecule has 0 aliphatic carbocycles. The summed E-state index contributed by atoms with van der Waals surface area (Å²) in [7, 11) is 0. The fraction of sp³-hybridized carbons (Fsp3) is 0.588. The molecule has 0 saturated carbocycles. The van der Waals surface area contributed by atoms with Gasteiger partial charge in [-0.3, -0.25) is 0 Å². The summed E-state index contributed by atoms with van der Waals surface area (Å²) in [6.45, 7) is 11.5. The molecule has 1 saturated heterocycles. The zero-order valence-electron chi connectivity index (χ0n) is 12.2. The van der Waals surface area contributed by atoms with Crippen LogP contribution in [0.25, 0.3) is 4.85 Å². The summed E-state index contributed by atoms with van der Waals surface area (Å²) >= 11 is 0. The van der Waals surface area contributed by atoms with Gasteiger partial charge in [0.25, 0.3) is 0 Å². The molecule has 108 valence electrons. The van der Waals surface area contributed by atoms with Gasteiger partial charge >= 0.3 is 0 Å². The standard InChI is InChI=1S/C17H24N2O/c1-18-16-8-10-17(11-9-16)20-15-7-3-6-14-19-12-4-2-5-13-19/h8-11H,2-7,12-15H2. The van der Waals surface area contributed by atoms with Gasteiger partial charge in [-0.25, -0.2) is 4.85 Å². The van der Waals surface area contributed by atoms with E-state index in [1.54, 1.807) is 12.1 Å². The minimum atomic E-state index is 0.666. The summed E-state index contributed by atoms with van der Waals surface area (Å²) in [5.74, 6) is 0.869. The Morgan fingerprint density at radius 2 is 1.75 bits per heavy atom. The van der Waals surface area contributed by atoms with Gasteiger partial charge in [0.2, 0.25) is 0 Å². The molecule has 0 spiro atoms. The van der Waals surface area contributed by atoms with Crippen LogP contribution in [0.1, 0.15) is 38.5 Å². The molecular weight excluding hydrogens is 248 g/mol. The fourth-order valence-electron chi connectivity index (χ4n) is 2.60. The molecule has 1 fully saturated rings. The van der Waals surface area contributed by atoms with Gasteiger partial charge in [0, 0.05) is 0 Å². The predicted octanol–water partition coefficient (Wildman–Crippen LogP) is 4.27. The maximum atomic E-state index is 6.89. The van der Waals surface area contributed by atoms with Gasteiger partial charge in [0.1, 0.15) is 5.75 Å². The molecule has 3 nitrogen and oxygen atoms in total. The summed E-state index contributed by atoms with van der Waals surface area (Å²) < 4.78 is 5.68. The number of rotatable bonds is 7. The smallest absolute Gasteiger partial charge is 0.187 e. The zero-order chi connectivity index (χ0) is 14.0. The third kappa shape index (κ3) is 5.22. The normalized spacial score (nSPS) is 15.8. The average Bonchev–Trinajstić information content (AvgIpc) is 2.52. The van der Waals surface area contributed by atoms with Crippen LogP contribution in [0.2, 0.25) is 0 Å².